The Bertz CT molecular complexity index is 574. The van der Waals surface area contributed by atoms with E-state index in [9.17, 15) is 0 Å². The predicted octanol–water partition coefficient (Wildman–Crippen LogP) is 4.27. The van der Waals surface area contributed by atoms with Gasteiger partial charge in [-0.2, -0.15) is 0 Å². The van der Waals surface area contributed by atoms with E-state index in [1.165, 1.54) is 21.5 Å². The van der Waals surface area contributed by atoms with Gasteiger partial charge >= 0.3 is 0 Å². The summed E-state index contributed by atoms with van der Waals surface area (Å²) >= 11 is 0. The zero-order valence-electron chi connectivity index (χ0n) is 8.35. The molecule has 0 saturated carbocycles. The van der Waals surface area contributed by atoms with Crippen LogP contribution in [0.15, 0.2) is 66.7 Å². The van der Waals surface area contributed by atoms with E-state index in [0.717, 1.165) is 0 Å². The van der Waals surface area contributed by atoms with E-state index in [0.29, 0.717) is 0 Å². The SMILES string of the molecule is c1ccc2c(c1)ccc[c+]1ccccc21. The molecule has 0 atom stereocenters. The molecule has 0 aliphatic rings. The standard InChI is InChI=1S/C15H11/c1-3-10-14-12(6-1)8-5-9-13-7-2-4-11-15(13)14/h1-11H/q+1. The molecule has 0 heteroatoms. The lowest BCUT2D eigenvalue weighted by atomic mass is 10.1. The van der Waals surface area contributed by atoms with Crippen LogP contribution in [0, 0.1) is 0 Å². The highest BCUT2D eigenvalue weighted by atomic mass is 14.0. The number of fused-ring (bicyclic) bond motifs is 3. The number of hydrogen-bond donors (Lipinski definition) is 0. The molecule has 0 spiro atoms. The fourth-order valence-electron chi connectivity index (χ4n) is 2.03. The van der Waals surface area contributed by atoms with E-state index in [1.54, 1.807) is 0 Å². The lowest BCUT2D eigenvalue weighted by molar-refractivity contribution is 1.81. The van der Waals surface area contributed by atoms with E-state index < -0.39 is 0 Å². The van der Waals surface area contributed by atoms with Crippen LogP contribution in [-0.4, -0.2) is 0 Å². The second kappa shape index (κ2) is 3.32. The zero-order chi connectivity index (χ0) is 10.1. The van der Waals surface area contributed by atoms with Gasteiger partial charge in [0, 0.05) is 29.7 Å². The Morgan fingerprint density at radius 2 is 1.40 bits per heavy atom. The molecule has 0 heterocycles. The van der Waals surface area contributed by atoms with E-state index in [4.69, 9.17) is 0 Å². The molecule has 3 aromatic carbocycles. The van der Waals surface area contributed by atoms with E-state index in [-0.39, 0.29) is 0 Å². The Morgan fingerprint density at radius 3 is 2.40 bits per heavy atom. The van der Waals surface area contributed by atoms with Gasteiger partial charge in [0.2, 0.25) is 0 Å². The summed E-state index contributed by atoms with van der Waals surface area (Å²) in [5.41, 5.74) is 0. The van der Waals surface area contributed by atoms with Crippen molar-refractivity contribution in [1.29, 1.82) is 0 Å². The van der Waals surface area contributed by atoms with Crippen molar-refractivity contribution >= 4 is 21.5 Å². The van der Waals surface area contributed by atoms with Crippen molar-refractivity contribution < 1.29 is 0 Å². The molecule has 0 nitrogen and oxygen atoms in total. The van der Waals surface area contributed by atoms with Gasteiger partial charge in [0.1, 0.15) is 0 Å². The van der Waals surface area contributed by atoms with Crippen molar-refractivity contribution in [2.45, 2.75) is 0 Å². The van der Waals surface area contributed by atoms with Gasteiger partial charge in [-0.15, -0.1) is 0 Å². The van der Waals surface area contributed by atoms with Crippen molar-refractivity contribution in [1.82, 2.24) is 0 Å². The highest BCUT2D eigenvalue weighted by molar-refractivity contribution is 6.05. The van der Waals surface area contributed by atoms with Crippen LogP contribution in [0.25, 0.3) is 21.5 Å². The van der Waals surface area contributed by atoms with Gasteiger partial charge in [-0.05, 0) is 30.3 Å². The van der Waals surface area contributed by atoms with E-state index >= 15 is 0 Å². The molecule has 0 aromatic heterocycles. The minimum absolute atomic E-state index is 1.29. The van der Waals surface area contributed by atoms with E-state index in [1.807, 2.05) is 0 Å². The third kappa shape index (κ3) is 1.35. The molecule has 15 heavy (non-hydrogen) atoms. The van der Waals surface area contributed by atoms with Crippen LogP contribution < -0.4 is 0 Å². The van der Waals surface area contributed by atoms with Crippen molar-refractivity contribution in [3.8, 4) is 0 Å². The summed E-state index contributed by atoms with van der Waals surface area (Å²) in [6, 6.07) is 23.5. The Kier molecular flexibility index (Phi) is 1.85. The van der Waals surface area contributed by atoms with Crippen molar-refractivity contribution in [2.75, 3.05) is 0 Å². The summed E-state index contributed by atoms with van der Waals surface area (Å²) in [7, 11) is 0. The molecule has 0 bridgehead atoms. The molecule has 0 saturated heterocycles. The minimum Gasteiger partial charge on any atom is -0.0602 e. The first kappa shape index (κ1) is 8.37. The van der Waals surface area contributed by atoms with Gasteiger partial charge in [0.15, 0.2) is 0 Å². The third-order valence-electron chi connectivity index (χ3n) is 2.76. The molecule has 70 valence electrons. The molecular weight excluding hydrogens is 180 g/mol. The molecule has 0 N–H and O–H groups in total. The number of hydrogen-bond acceptors (Lipinski definition) is 0. The summed E-state index contributed by atoms with van der Waals surface area (Å²) in [6.07, 6.45) is 0. The zero-order valence-corrected chi connectivity index (χ0v) is 8.35. The Morgan fingerprint density at radius 1 is 0.667 bits per heavy atom. The van der Waals surface area contributed by atoms with Crippen LogP contribution in [0.5, 0.6) is 0 Å². The average molecular weight is 191 g/mol. The van der Waals surface area contributed by atoms with Crippen LogP contribution in [0.2, 0.25) is 0 Å². The first-order chi connectivity index (χ1) is 7.45. The predicted molar refractivity (Wildman–Crippen MR) is 65.9 cm³/mol. The van der Waals surface area contributed by atoms with Gasteiger partial charge in [-0.1, -0.05) is 12.1 Å². The second-order valence-corrected chi connectivity index (χ2v) is 3.70. The molecule has 0 aliphatic heterocycles. The molecule has 3 aromatic rings. The van der Waals surface area contributed by atoms with E-state index in [2.05, 4.69) is 66.7 Å². The minimum atomic E-state index is 1.29. The summed E-state index contributed by atoms with van der Waals surface area (Å²) in [5, 5.41) is 5.22. The summed E-state index contributed by atoms with van der Waals surface area (Å²) < 4.78 is 0. The maximum Gasteiger partial charge on any atom is 0.0880 e. The first-order valence-corrected chi connectivity index (χ1v) is 5.15. The summed E-state index contributed by atoms with van der Waals surface area (Å²) in [6.45, 7) is 0. The Hall–Kier alpha value is -1.95. The molecule has 0 fully saturated rings. The first-order valence-electron chi connectivity index (χ1n) is 5.15. The van der Waals surface area contributed by atoms with Gasteiger partial charge in [-0.3, -0.25) is 0 Å². The molecule has 0 radical (unpaired) electrons. The molecular formula is C15H11+. The maximum absolute atomic E-state index is 2.18. The van der Waals surface area contributed by atoms with Crippen LogP contribution in [0.3, 0.4) is 0 Å². The fourth-order valence-corrected chi connectivity index (χ4v) is 2.03. The van der Waals surface area contributed by atoms with Gasteiger partial charge in [0.05, 0.1) is 16.2 Å². The van der Waals surface area contributed by atoms with Crippen LogP contribution in [-0.2, 0) is 0 Å². The smallest absolute Gasteiger partial charge is 0.0602 e. The maximum atomic E-state index is 2.18. The molecule has 3 rings (SSSR count). The topological polar surface area (TPSA) is 0 Å². The molecule has 0 amide bonds. The van der Waals surface area contributed by atoms with Crippen molar-refractivity contribution in [3.05, 3.63) is 66.7 Å². The van der Waals surface area contributed by atoms with Gasteiger partial charge in [-0.25, -0.2) is 0 Å². The highest BCUT2D eigenvalue weighted by Gasteiger charge is 2.01. The Labute approximate surface area is 88.8 Å². The second-order valence-electron chi connectivity index (χ2n) is 3.70. The lowest BCUT2D eigenvalue weighted by Gasteiger charge is -1.90. The molecule has 0 aliphatic carbocycles. The number of rotatable bonds is 0. The monoisotopic (exact) mass is 191 g/mol. The summed E-state index contributed by atoms with van der Waals surface area (Å²) in [5.74, 6) is 0. The van der Waals surface area contributed by atoms with Crippen LogP contribution in [0.4, 0.5) is 0 Å². The largest absolute Gasteiger partial charge is 0.0880 e. The summed E-state index contributed by atoms with van der Waals surface area (Å²) in [4.78, 5) is 0. The van der Waals surface area contributed by atoms with Crippen molar-refractivity contribution in [2.24, 2.45) is 0 Å². The fraction of sp³-hybridized carbons (Fsp3) is 0. The van der Waals surface area contributed by atoms with Crippen LogP contribution >= 0.6 is 0 Å². The Balaban J connectivity index is 2.65. The van der Waals surface area contributed by atoms with Gasteiger partial charge in [0.25, 0.3) is 0 Å². The normalized spacial score (nSPS) is 10.7. The third-order valence-corrected chi connectivity index (χ3v) is 2.76. The quantitative estimate of drug-likeness (QED) is 0.465. The molecule has 0 unspecified atom stereocenters. The van der Waals surface area contributed by atoms with Gasteiger partial charge < -0.3 is 0 Å². The lowest BCUT2D eigenvalue weighted by Crippen LogP contribution is -1.69. The average Bonchev–Trinajstić information content (AvgIpc) is 2.48. The number of benzene rings is 2. The highest BCUT2D eigenvalue weighted by Crippen LogP contribution is 2.22. The van der Waals surface area contributed by atoms with Crippen molar-refractivity contribution in [3.63, 3.8) is 0 Å². The van der Waals surface area contributed by atoms with Crippen LogP contribution in [0.1, 0.15) is 0 Å².